The van der Waals surface area contributed by atoms with Crippen molar-refractivity contribution >= 4 is 21.6 Å². The van der Waals surface area contributed by atoms with E-state index in [1.165, 1.54) is 13.4 Å². The summed E-state index contributed by atoms with van der Waals surface area (Å²) in [5.74, 6) is 1.24. The largest absolute Gasteiger partial charge is 0.479 e. The summed E-state index contributed by atoms with van der Waals surface area (Å²) in [4.78, 5) is 7.87. The molecule has 0 aliphatic rings. The van der Waals surface area contributed by atoms with E-state index < -0.39 is 0 Å². The van der Waals surface area contributed by atoms with Crippen molar-refractivity contribution in [3.05, 3.63) is 34.6 Å². The van der Waals surface area contributed by atoms with Gasteiger partial charge in [-0.25, -0.2) is 0 Å². The molecule has 0 aliphatic heterocycles. The predicted molar refractivity (Wildman–Crippen MR) is 71.9 cm³/mol. The van der Waals surface area contributed by atoms with Crippen LogP contribution < -0.4 is 15.2 Å². The highest BCUT2D eigenvalue weighted by Gasteiger charge is 2.10. The van der Waals surface area contributed by atoms with Crippen molar-refractivity contribution in [1.29, 1.82) is 0 Å². The van der Waals surface area contributed by atoms with Gasteiger partial charge >= 0.3 is 0 Å². The van der Waals surface area contributed by atoms with Crippen LogP contribution in [0.25, 0.3) is 0 Å². The Morgan fingerprint density at radius 2 is 1.94 bits per heavy atom. The number of nitrogens with zero attached hydrogens (tertiary/aromatic N) is 2. The van der Waals surface area contributed by atoms with Crippen LogP contribution in [0.3, 0.4) is 0 Å². The summed E-state index contributed by atoms with van der Waals surface area (Å²) in [5.41, 5.74) is 7.17. The summed E-state index contributed by atoms with van der Waals surface area (Å²) in [6, 6.07) is 5.61. The van der Waals surface area contributed by atoms with Gasteiger partial charge in [-0.15, -0.1) is 0 Å². The third-order valence-corrected chi connectivity index (χ3v) is 3.24. The van der Waals surface area contributed by atoms with Crippen molar-refractivity contribution in [2.75, 3.05) is 12.8 Å². The molecule has 18 heavy (non-hydrogen) atoms. The van der Waals surface area contributed by atoms with Crippen LogP contribution in [0.15, 0.2) is 29.0 Å². The Morgan fingerprint density at radius 1 is 1.22 bits per heavy atom. The fraction of sp³-hybridized carbons (Fsp3) is 0.167. The molecule has 1 heterocycles. The Labute approximate surface area is 113 Å². The standard InChI is InChI=1S/C12H12BrN3O2/c1-7-5-8(3-4-9(7)13)18-12-10(14)11(17-2)15-6-16-12/h3-6H,14H2,1-2H3. The van der Waals surface area contributed by atoms with E-state index in [0.717, 1.165) is 10.0 Å². The van der Waals surface area contributed by atoms with Crippen LogP contribution >= 0.6 is 15.9 Å². The zero-order valence-corrected chi connectivity index (χ0v) is 11.6. The molecule has 5 nitrogen and oxygen atoms in total. The first kappa shape index (κ1) is 12.6. The fourth-order valence-electron chi connectivity index (χ4n) is 1.40. The van der Waals surface area contributed by atoms with Crippen LogP contribution in [0.5, 0.6) is 17.5 Å². The van der Waals surface area contributed by atoms with Gasteiger partial charge in [0, 0.05) is 4.47 Å². The first-order valence-electron chi connectivity index (χ1n) is 5.20. The molecule has 1 aromatic heterocycles. The van der Waals surface area contributed by atoms with E-state index in [4.69, 9.17) is 15.2 Å². The van der Waals surface area contributed by atoms with E-state index in [-0.39, 0.29) is 11.6 Å². The molecule has 94 valence electrons. The number of nitrogens with two attached hydrogens (primary N) is 1. The van der Waals surface area contributed by atoms with Crippen molar-refractivity contribution in [2.24, 2.45) is 0 Å². The number of nitrogen functional groups attached to an aromatic ring is 1. The predicted octanol–water partition coefficient (Wildman–Crippen LogP) is 2.93. The number of aryl methyl sites for hydroxylation is 1. The molecule has 2 N–H and O–H groups in total. The normalized spacial score (nSPS) is 10.2. The molecule has 2 rings (SSSR count). The van der Waals surface area contributed by atoms with Crippen molar-refractivity contribution in [2.45, 2.75) is 6.92 Å². The van der Waals surface area contributed by atoms with Gasteiger partial charge in [0.05, 0.1) is 7.11 Å². The van der Waals surface area contributed by atoms with E-state index in [9.17, 15) is 0 Å². The molecule has 6 heteroatoms. The highest BCUT2D eigenvalue weighted by Crippen LogP contribution is 2.31. The number of aromatic nitrogens is 2. The van der Waals surface area contributed by atoms with Gasteiger partial charge < -0.3 is 15.2 Å². The second-order valence-corrected chi connectivity index (χ2v) is 4.47. The summed E-state index contributed by atoms with van der Waals surface area (Å²) in [6.07, 6.45) is 1.34. The van der Waals surface area contributed by atoms with Gasteiger partial charge in [0.25, 0.3) is 0 Å². The number of methoxy groups -OCH3 is 1. The first-order valence-corrected chi connectivity index (χ1v) is 5.99. The molecule has 0 saturated heterocycles. The molecule has 0 radical (unpaired) electrons. The molecule has 0 amide bonds. The zero-order chi connectivity index (χ0) is 13.1. The highest BCUT2D eigenvalue weighted by molar-refractivity contribution is 9.10. The molecule has 0 atom stereocenters. The monoisotopic (exact) mass is 309 g/mol. The number of ether oxygens (including phenoxy) is 2. The van der Waals surface area contributed by atoms with E-state index in [1.807, 2.05) is 25.1 Å². The number of benzene rings is 1. The van der Waals surface area contributed by atoms with Crippen LogP contribution in [-0.4, -0.2) is 17.1 Å². The quantitative estimate of drug-likeness (QED) is 0.944. The van der Waals surface area contributed by atoms with Gasteiger partial charge in [0.2, 0.25) is 11.8 Å². The van der Waals surface area contributed by atoms with Gasteiger partial charge in [-0.05, 0) is 30.7 Å². The maximum Gasteiger partial charge on any atom is 0.249 e. The van der Waals surface area contributed by atoms with Gasteiger partial charge in [0.15, 0.2) is 5.69 Å². The van der Waals surface area contributed by atoms with Crippen LogP contribution in [0, 0.1) is 6.92 Å². The molecule has 0 spiro atoms. The molecule has 0 saturated carbocycles. The van der Waals surface area contributed by atoms with Crippen molar-refractivity contribution in [3.63, 3.8) is 0 Å². The SMILES string of the molecule is COc1ncnc(Oc2ccc(Br)c(C)c2)c1N. The van der Waals surface area contributed by atoms with Gasteiger partial charge in [-0.1, -0.05) is 15.9 Å². The third-order valence-electron chi connectivity index (χ3n) is 2.35. The van der Waals surface area contributed by atoms with Gasteiger partial charge in [-0.3, -0.25) is 0 Å². The maximum atomic E-state index is 5.83. The van der Waals surface area contributed by atoms with Gasteiger partial charge in [0.1, 0.15) is 12.1 Å². The van der Waals surface area contributed by atoms with Crippen LogP contribution in [0.2, 0.25) is 0 Å². The summed E-state index contributed by atoms with van der Waals surface area (Å²) >= 11 is 3.43. The number of rotatable bonds is 3. The minimum absolute atomic E-state index is 0.278. The summed E-state index contributed by atoms with van der Waals surface area (Å²) < 4.78 is 11.6. The lowest BCUT2D eigenvalue weighted by Gasteiger charge is -2.09. The molecule has 1 aromatic carbocycles. The molecular formula is C12H12BrN3O2. The molecule has 0 aliphatic carbocycles. The second-order valence-electron chi connectivity index (χ2n) is 3.61. The van der Waals surface area contributed by atoms with Crippen LogP contribution in [-0.2, 0) is 0 Å². The van der Waals surface area contributed by atoms with Gasteiger partial charge in [-0.2, -0.15) is 9.97 Å². The third kappa shape index (κ3) is 2.53. The fourth-order valence-corrected chi connectivity index (χ4v) is 1.65. The topological polar surface area (TPSA) is 70.3 Å². The maximum absolute atomic E-state index is 5.83. The smallest absolute Gasteiger partial charge is 0.249 e. The summed E-state index contributed by atoms with van der Waals surface area (Å²) in [6.45, 7) is 1.97. The van der Waals surface area contributed by atoms with E-state index in [0.29, 0.717) is 11.6 Å². The molecule has 0 fully saturated rings. The molecule has 2 aromatic rings. The van der Waals surface area contributed by atoms with Crippen molar-refractivity contribution in [1.82, 2.24) is 9.97 Å². The molecular weight excluding hydrogens is 298 g/mol. The Morgan fingerprint density at radius 3 is 2.61 bits per heavy atom. The summed E-state index contributed by atoms with van der Waals surface area (Å²) in [5, 5.41) is 0. The lowest BCUT2D eigenvalue weighted by atomic mass is 10.2. The lowest BCUT2D eigenvalue weighted by Crippen LogP contribution is -2.00. The Bertz CT molecular complexity index is 575. The first-order chi connectivity index (χ1) is 8.61. The Kier molecular flexibility index (Phi) is 3.66. The summed E-state index contributed by atoms with van der Waals surface area (Å²) in [7, 11) is 1.49. The number of anilines is 1. The van der Waals surface area contributed by atoms with E-state index in [2.05, 4.69) is 25.9 Å². The molecule has 0 bridgehead atoms. The van der Waals surface area contributed by atoms with Crippen molar-refractivity contribution < 1.29 is 9.47 Å². The van der Waals surface area contributed by atoms with E-state index >= 15 is 0 Å². The number of hydrogen-bond donors (Lipinski definition) is 1. The minimum atomic E-state index is 0.278. The highest BCUT2D eigenvalue weighted by atomic mass is 79.9. The number of halogens is 1. The van der Waals surface area contributed by atoms with Crippen LogP contribution in [0.1, 0.15) is 5.56 Å². The second kappa shape index (κ2) is 5.22. The average Bonchev–Trinajstić information content (AvgIpc) is 2.36. The van der Waals surface area contributed by atoms with Crippen molar-refractivity contribution in [3.8, 4) is 17.5 Å². The Balaban J connectivity index is 2.31. The average molecular weight is 310 g/mol. The van der Waals surface area contributed by atoms with E-state index in [1.54, 1.807) is 0 Å². The van der Waals surface area contributed by atoms with Crippen LogP contribution in [0.4, 0.5) is 5.69 Å². The Hall–Kier alpha value is -1.82. The minimum Gasteiger partial charge on any atom is -0.479 e. The number of hydrogen-bond acceptors (Lipinski definition) is 5. The lowest BCUT2D eigenvalue weighted by molar-refractivity contribution is 0.391. The zero-order valence-electron chi connectivity index (χ0n) is 9.98. The molecule has 0 unspecified atom stereocenters.